The van der Waals surface area contributed by atoms with Crippen molar-refractivity contribution in [3.8, 4) is 0 Å². The van der Waals surface area contributed by atoms with Crippen LogP contribution in [0, 0.1) is 19.8 Å². The van der Waals surface area contributed by atoms with Crippen molar-refractivity contribution in [2.24, 2.45) is 5.92 Å². The Bertz CT molecular complexity index is 909. The zero-order chi connectivity index (χ0) is 22.6. The third kappa shape index (κ3) is 4.66. The number of hydrogen-bond donors (Lipinski definition) is 0. The van der Waals surface area contributed by atoms with Gasteiger partial charge in [-0.1, -0.05) is 13.8 Å². The Morgan fingerprint density at radius 3 is 2.37 bits per heavy atom. The first kappa shape index (κ1) is 23.4. The Morgan fingerprint density at radius 2 is 1.87 bits per heavy atom. The number of ketones is 1. The van der Waals surface area contributed by atoms with Crippen LogP contribution in [0.15, 0.2) is 22.8 Å². The Kier molecular flexibility index (Phi) is 7.65. The standard InChI is InChI=1S/C23H32N2O5/c1-8-24-16(5)20(15(4)21(24)23(28)29-7)22(27)17(6)25(19(26)12-14(2)3)13-18-10-9-11-30-18/h9-11,14,17H,8,12-13H2,1-7H3. The number of hydrogen-bond acceptors (Lipinski definition) is 5. The summed E-state index contributed by atoms with van der Waals surface area (Å²) in [4.78, 5) is 40.4. The van der Waals surface area contributed by atoms with E-state index in [-0.39, 0.29) is 24.2 Å². The number of carbonyl (C=O) groups excluding carboxylic acids is 3. The number of amides is 1. The number of nitrogens with zero attached hydrogens (tertiary/aromatic N) is 2. The van der Waals surface area contributed by atoms with Gasteiger partial charge in [0.2, 0.25) is 5.91 Å². The molecule has 0 N–H and O–H groups in total. The van der Waals surface area contributed by atoms with E-state index in [0.717, 1.165) is 0 Å². The molecule has 7 nitrogen and oxygen atoms in total. The summed E-state index contributed by atoms with van der Waals surface area (Å²) < 4.78 is 12.1. The van der Waals surface area contributed by atoms with E-state index in [2.05, 4.69) is 0 Å². The summed E-state index contributed by atoms with van der Waals surface area (Å²) in [6.45, 7) is 11.9. The van der Waals surface area contributed by atoms with Gasteiger partial charge >= 0.3 is 5.97 Å². The number of ether oxygens (including phenoxy) is 1. The van der Waals surface area contributed by atoms with Crippen molar-refractivity contribution in [1.82, 2.24) is 9.47 Å². The van der Waals surface area contributed by atoms with Gasteiger partial charge in [-0.2, -0.15) is 0 Å². The second-order valence-corrected chi connectivity index (χ2v) is 7.91. The first-order valence-corrected chi connectivity index (χ1v) is 10.3. The molecule has 2 aromatic heterocycles. The Hall–Kier alpha value is -2.83. The zero-order valence-corrected chi connectivity index (χ0v) is 18.9. The SMILES string of the molecule is CCn1c(C)c(C(=O)C(C)N(Cc2ccco2)C(=O)CC(C)C)c(C)c1C(=O)OC. The van der Waals surface area contributed by atoms with Gasteiger partial charge in [0, 0.05) is 24.2 Å². The first-order chi connectivity index (χ1) is 14.1. The minimum atomic E-state index is -0.711. The molecule has 0 spiro atoms. The maximum absolute atomic E-state index is 13.5. The van der Waals surface area contributed by atoms with Gasteiger partial charge < -0.3 is 18.6 Å². The number of furan rings is 1. The van der Waals surface area contributed by atoms with E-state index in [1.165, 1.54) is 7.11 Å². The number of aromatic nitrogens is 1. The second-order valence-electron chi connectivity index (χ2n) is 7.91. The molecule has 0 aliphatic rings. The van der Waals surface area contributed by atoms with Crippen LogP contribution in [0.3, 0.4) is 0 Å². The number of Topliss-reactive ketones (excluding diaryl/α,β-unsaturated/α-hetero) is 1. The lowest BCUT2D eigenvalue weighted by atomic mass is 9.99. The van der Waals surface area contributed by atoms with Gasteiger partial charge in [-0.05, 0) is 51.3 Å². The summed E-state index contributed by atoms with van der Waals surface area (Å²) in [5.74, 6) is -0.0183. The van der Waals surface area contributed by atoms with Crippen LogP contribution in [-0.2, 0) is 22.6 Å². The molecular formula is C23H32N2O5. The molecule has 0 saturated heterocycles. The lowest BCUT2D eigenvalue weighted by Gasteiger charge is -2.28. The normalized spacial score (nSPS) is 12.1. The van der Waals surface area contributed by atoms with Crippen LogP contribution in [0.2, 0.25) is 0 Å². The van der Waals surface area contributed by atoms with E-state index in [1.807, 2.05) is 27.7 Å². The van der Waals surface area contributed by atoms with E-state index in [0.29, 0.717) is 41.2 Å². The molecule has 2 aromatic rings. The lowest BCUT2D eigenvalue weighted by molar-refractivity contribution is -0.134. The number of carbonyl (C=O) groups is 3. The molecule has 0 fully saturated rings. The fourth-order valence-corrected chi connectivity index (χ4v) is 3.84. The zero-order valence-electron chi connectivity index (χ0n) is 18.9. The lowest BCUT2D eigenvalue weighted by Crippen LogP contribution is -2.43. The Labute approximate surface area is 178 Å². The van der Waals surface area contributed by atoms with Crippen LogP contribution in [-0.4, -0.2) is 40.3 Å². The molecule has 0 saturated carbocycles. The van der Waals surface area contributed by atoms with Gasteiger partial charge in [-0.3, -0.25) is 9.59 Å². The third-order valence-electron chi connectivity index (χ3n) is 5.36. The second kappa shape index (κ2) is 9.78. The van der Waals surface area contributed by atoms with Crippen LogP contribution < -0.4 is 0 Å². The van der Waals surface area contributed by atoms with Gasteiger partial charge in [-0.25, -0.2) is 4.79 Å². The fraction of sp³-hybridized carbons (Fsp3) is 0.522. The topological polar surface area (TPSA) is 81.8 Å². The van der Waals surface area contributed by atoms with E-state index in [9.17, 15) is 14.4 Å². The van der Waals surface area contributed by atoms with Crippen molar-refractivity contribution in [2.75, 3.05) is 7.11 Å². The average molecular weight is 417 g/mol. The van der Waals surface area contributed by atoms with Gasteiger partial charge in [0.1, 0.15) is 11.5 Å². The molecule has 0 radical (unpaired) electrons. The molecule has 1 unspecified atom stereocenters. The number of methoxy groups -OCH3 is 1. The van der Waals surface area contributed by atoms with Gasteiger partial charge in [0.05, 0.1) is 26.0 Å². The molecular weight excluding hydrogens is 384 g/mol. The largest absolute Gasteiger partial charge is 0.467 e. The van der Waals surface area contributed by atoms with E-state index in [4.69, 9.17) is 9.15 Å². The van der Waals surface area contributed by atoms with E-state index in [1.54, 1.807) is 41.7 Å². The van der Waals surface area contributed by atoms with Crippen LogP contribution in [0.25, 0.3) is 0 Å². The minimum Gasteiger partial charge on any atom is -0.467 e. The molecule has 1 amide bonds. The molecule has 7 heteroatoms. The Morgan fingerprint density at radius 1 is 1.20 bits per heavy atom. The molecule has 2 heterocycles. The summed E-state index contributed by atoms with van der Waals surface area (Å²) in [7, 11) is 1.32. The highest BCUT2D eigenvalue weighted by atomic mass is 16.5. The van der Waals surface area contributed by atoms with Crippen LogP contribution in [0.1, 0.15) is 72.0 Å². The summed E-state index contributed by atoms with van der Waals surface area (Å²) in [6.07, 6.45) is 1.88. The summed E-state index contributed by atoms with van der Waals surface area (Å²) in [6, 6.07) is 2.83. The van der Waals surface area contributed by atoms with E-state index >= 15 is 0 Å². The average Bonchev–Trinajstić information content (AvgIpc) is 3.29. The monoisotopic (exact) mass is 416 g/mol. The molecule has 0 aromatic carbocycles. The highest BCUT2D eigenvalue weighted by Crippen LogP contribution is 2.26. The van der Waals surface area contributed by atoms with Crippen molar-refractivity contribution in [1.29, 1.82) is 0 Å². The third-order valence-corrected chi connectivity index (χ3v) is 5.36. The molecule has 1 atom stereocenters. The maximum atomic E-state index is 13.5. The van der Waals surface area contributed by atoms with Crippen LogP contribution >= 0.6 is 0 Å². The fourth-order valence-electron chi connectivity index (χ4n) is 3.84. The molecule has 0 aliphatic carbocycles. The highest BCUT2D eigenvalue weighted by molar-refractivity contribution is 6.06. The summed E-state index contributed by atoms with van der Waals surface area (Å²) in [5.41, 5.74) is 2.11. The van der Waals surface area contributed by atoms with E-state index < -0.39 is 12.0 Å². The summed E-state index contributed by atoms with van der Waals surface area (Å²) in [5, 5.41) is 0. The van der Waals surface area contributed by atoms with Crippen molar-refractivity contribution in [3.63, 3.8) is 0 Å². The van der Waals surface area contributed by atoms with Crippen molar-refractivity contribution in [2.45, 2.75) is 67.1 Å². The quantitative estimate of drug-likeness (QED) is 0.453. The predicted octanol–water partition coefficient (Wildman–Crippen LogP) is 4.15. The smallest absolute Gasteiger partial charge is 0.354 e. The minimum absolute atomic E-state index is 0.110. The van der Waals surface area contributed by atoms with Gasteiger partial charge in [0.25, 0.3) is 0 Å². The highest BCUT2D eigenvalue weighted by Gasteiger charge is 2.33. The molecule has 0 bridgehead atoms. The summed E-state index contributed by atoms with van der Waals surface area (Å²) >= 11 is 0. The molecule has 0 aliphatic heterocycles. The number of esters is 1. The molecule has 164 valence electrons. The van der Waals surface area contributed by atoms with Crippen LogP contribution in [0.5, 0.6) is 0 Å². The Balaban J connectivity index is 2.47. The predicted molar refractivity (Wildman–Crippen MR) is 113 cm³/mol. The van der Waals surface area contributed by atoms with Crippen LogP contribution in [0.4, 0.5) is 0 Å². The van der Waals surface area contributed by atoms with Crippen molar-refractivity contribution >= 4 is 17.7 Å². The number of rotatable bonds is 9. The molecule has 2 rings (SSSR count). The first-order valence-electron chi connectivity index (χ1n) is 10.3. The van der Waals surface area contributed by atoms with Gasteiger partial charge in [-0.15, -0.1) is 0 Å². The van der Waals surface area contributed by atoms with Crippen molar-refractivity contribution < 1.29 is 23.5 Å². The molecule has 30 heavy (non-hydrogen) atoms. The van der Waals surface area contributed by atoms with Gasteiger partial charge in [0.15, 0.2) is 5.78 Å². The van der Waals surface area contributed by atoms with Crippen molar-refractivity contribution in [3.05, 3.63) is 46.7 Å². The maximum Gasteiger partial charge on any atom is 0.354 e.